The average molecular weight is 354 g/mol. The molecule has 2 heterocycles. The summed E-state index contributed by atoms with van der Waals surface area (Å²) >= 11 is 1.72. The van der Waals surface area contributed by atoms with Crippen LogP contribution in [0, 0.1) is 5.41 Å². The number of halogens is 2. The molecule has 1 aliphatic carbocycles. The van der Waals surface area contributed by atoms with Crippen LogP contribution in [-0.2, 0) is 0 Å². The summed E-state index contributed by atoms with van der Waals surface area (Å²) in [5.74, 6) is 0.218. The van der Waals surface area contributed by atoms with Crippen LogP contribution >= 0.6 is 11.9 Å². The molecular weight excluding hydrogens is 330 g/mol. The van der Waals surface area contributed by atoms with E-state index in [-0.39, 0.29) is 5.75 Å². The summed E-state index contributed by atoms with van der Waals surface area (Å²) < 4.78 is 31.1. The molecular formula is C18H24F2N2OS. The van der Waals surface area contributed by atoms with Gasteiger partial charge in [-0.2, -0.15) is 8.78 Å². The number of alkyl halides is 2. The summed E-state index contributed by atoms with van der Waals surface area (Å²) in [7, 11) is 0. The van der Waals surface area contributed by atoms with Gasteiger partial charge in [0, 0.05) is 37.1 Å². The van der Waals surface area contributed by atoms with E-state index in [0.29, 0.717) is 5.41 Å². The van der Waals surface area contributed by atoms with Crippen LogP contribution in [0.3, 0.4) is 0 Å². The van der Waals surface area contributed by atoms with E-state index < -0.39 is 6.61 Å². The summed E-state index contributed by atoms with van der Waals surface area (Å²) in [6, 6.07) is 7.68. The van der Waals surface area contributed by atoms with Gasteiger partial charge in [-0.25, -0.2) is 4.31 Å². The standard InChI is InChI=1S/C18H24F2N2OS/c19-17(20)23-15-2-4-16(5-3-15)24-22-10-6-14(7-11-22)21-12-18(13-21)8-1-9-18/h2-5,14,17H,1,6-13H2. The van der Waals surface area contributed by atoms with E-state index in [1.54, 1.807) is 24.1 Å². The van der Waals surface area contributed by atoms with Gasteiger partial charge >= 0.3 is 6.61 Å². The lowest BCUT2D eigenvalue weighted by molar-refractivity contribution is -0.0903. The molecule has 3 aliphatic rings. The molecule has 0 aromatic heterocycles. The highest BCUT2D eigenvalue weighted by Crippen LogP contribution is 2.49. The minimum Gasteiger partial charge on any atom is -0.435 e. The smallest absolute Gasteiger partial charge is 0.387 e. The molecule has 0 bridgehead atoms. The zero-order chi connectivity index (χ0) is 16.6. The number of piperidine rings is 1. The van der Waals surface area contributed by atoms with Gasteiger partial charge in [0.1, 0.15) is 5.75 Å². The minimum absolute atomic E-state index is 0.218. The fraction of sp³-hybridized carbons (Fsp3) is 0.667. The summed E-state index contributed by atoms with van der Waals surface area (Å²) in [5.41, 5.74) is 0.716. The Balaban J connectivity index is 1.21. The summed E-state index contributed by atoms with van der Waals surface area (Å²) in [6.45, 7) is 2.08. The average Bonchev–Trinajstić information content (AvgIpc) is 2.48. The fourth-order valence-electron chi connectivity index (χ4n) is 4.20. The SMILES string of the molecule is FC(F)Oc1ccc(SN2CCC(N3CC4(CCC4)C3)CC2)cc1. The zero-order valence-electron chi connectivity index (χ0n) is 13.8. The van der Waals surface area contributed by atoms with Crippen LogP contribution < -0.4 is 4.74 Å². The minimum atomic E-state index is -2.76. The van der Waals surface area contributed by atoms with Crippen molar-refractivity contribution in [1.82, 2.24) is 9.21 Å². The van der Waals surface area contributed by atoms with Gasteiger partial charge in [0.05, 0.1) is 0 Å². The van der Waals surface area contributed by atoms with E-state index in [2.05, 4.69) is 13.9 Å². The highest BCUT2D eigenvalue weighted by molar-refractivity contribution is 7.97. The summed E-state index contributed by atoms with van der Waals surface area (Å²) in [5, 5.41) is 0. The summed E-state index contributed by atoms with van der Waals surface area (Å²) in [6.07, 6.45) is 6.79. The number of hydrogen-bond donors (Lipinski definition) is 0. The molecule has 4 rings (SSSR count). The Morgan fingerprint density at radius 2 is 1.75 bits per heavy atom. The number of hydrogen-bond acceptors (Lipinski definition) is 4. The van der Waals surface area contributed by atoms with Crippen molar-refractivity contribution in [3.63, 3.8) is 0 Å². The molecule has 0 N–H and O–H groups in total. The number of likely N-dealkylation sites (tertiary alicyclic amines) is 1. The fourth-order valence-corrected chi connectivity index (χ4v) is 5.15. The predicted molar refractivity (Wildman–Crippen MR) is 91.4 cm³/mol. The molecule has 3 fully saturated rings. The first kappa shape index (κ1) is 16.6. The van der Waals surface area contributed by atoms with Gasteiger partial charge in [-0.05, 0) is 67.3 Å². The van der Waals surface area contributed by atoms with Crippen molar-refractivity contribution in [1.29, 1.82) is 0 Å². The van der Waals surface area contributed by atoms with Gasteiger partial charge in [-0.15, -0.1) is 0 Å². The zero-order valence-corrected chi connectivity index (χ0v) is 14.6. The van der Waals surface area contributed by atoms with Crippen LogP contribution in [0.1, 0.15) is 32.1 Å². The molecule has 1 aromatic carbocycles. The van der Waals surface area contributed by atoms with Crippen molar-refractivity contribution in [3.8, 4) is 5.75 Å². The van der Waals surface area contributed by atoms with Crippen LogP contribution in [0.15, 0.2) is 29.2 Å². The first-order chi connectivity index (χ1) is 11.6. The number of nitrogens with zero attached hydrogens (tertiary/aromatic N) is 2. The van der Waals surface area contributed by atoms with Gasteiger partial charge in [-0.3, -0.25) is 4.90 Å². The largest absolute Gasteiger partial charge is 0.435 e. The normalized spacial score (nSPS) is 24.8. The van der Waals surface area contributed by atoms with Gasteiger partial charge < -0.3 is 4.74 Å². The molecule has 0 unspecified atom stereocenters. The van der Waals surface area contributed by atoms with Crippen LogP contribution in [0.4, 0.5) is 8.78 Å². The molecule has 0 amide bonds. The van der Waals surface area contributed by atoms with Crippen molar-refractivity contribution in [2.45, 2.75) is 49.7 Å². The molecule has 1 spiro atoms. The third-order valence-electron chi connectivity index (χ3n) is 5.71. The van der Waals surface area contributed by atoms with Crippen molar-refractivity contribution >= 4 is 11.9 Å². The molecule has 2 saturated heterocycles. The Bertz CT molecular complexity index is 549. The summed E-state index contributed by atoms with van der Waals surface area (Å²) in [4.78, 5) is 3.77. The van der Waals surface area contributed by atoms with Crippen LogP contribution in [0.25, 0.3) is 0 Å². The highest BCUT2D eigenvalue weighted by Gasteiger charge is 2.49. The topological polar surface area (TPSA) is 15.7 Å². The highest BCUT2D eigenvalue weighted by atomic mass is 32.2. The second kappa shape index (κ2) is 6.81. The lowest BCUT2D eigenvalue weighted by Gasteiger charge is -2.59. The van der Waals surface area contributed by atoms with Gasteiger partial charge in [0.2, 0.25) is 0 Å². The van der Waals surface area contributed by atoms with Crippen LogP contribution in [0.5, 0.6) is 5.75 Å². The number of rotatable bonds is 5. The Hall–Kier alpha value is -0.850. The second-order valence-corrected chi connectivity index (χ2v) is 8.53. The van der Waals surface area contributed by atoms with Crippen molar-refractivity contribution < 1.29 is 13.5 Å². The second-order valence-electron chi connectivity index (χ2n) is 7.36. The van der Waals surface area contributed by atoms with Crippen LogP contribution in [-0.4, -0.2) is 48.0 Å². The Morgan fingerprint density at radius 3 is 2.29 bits per heavy atom. The van der Waals surface area contributed by atoms with Gasteiger partial charge in [0.15, 0.2) is 0 Å². The molecule has 0 radical (unpaired) electrons. The van der Waals surface area contributed by atoms with E-state index >= 15 is 0 Å². The predicted octanol–water partition coefficient (Wildman–Crippen LogP) is 4.25. The van der Waals surface area contributed by atoms with Crippen molar-refractivity contribution in [2.75, 3.05) is 26.2 Å². The first-order valence-electron chi connectivity index (χ1n) is 8.84. The van der Waals surface area contributed by atoms with Gasteiger partial charge in [-0.1, -0.05) is 6.42 Å². The first-order valence-corrected chi connectivity index (χ1v) is 9.61. The molecule has 0 atom stereocenters. The molecule has 24 heavy (non-hydrogen) atoms. The molecule has 132 valence electrons. The third-order valence-corrected chi connectivity index (χ3v) is 6.82. The van der Waals surface area contributed by atoms with Gasteiger partial charge in [0.25, 0.3) is 0 Å². The Morgan fingerprint density at radius 1 is 1.08 bits per heavy atom. The maximum absolute atomic E-state index is 12.2. The maximum atomic E-state index is 12.2. The number of ether oxygens (including phenoxy) is 1. The lowest BCUT2D eigenvalue weighted by Crippen LogP contribution is -2.63. The van der Waals surface area contributed by atoms with E-state index in [1.165, 1.54) is 45.2 Å². The Labute approximate surface area is 146 Å². The van der Waals surface area contributed by atoms with E-state index in [0.717, 1.165) is 24.0 Å². The van der Waals surface area contributed by atoms with E-state index in [1.807, 2.05) is 12.1 Å². The third kappa shape index (κ3) is 3.55. The molecule has 6 heteroatoms. The maximum Gasteiger partial charge on any atom is 0.387 e. The molecule has 3 nitrogen and oxygen atoms in total. The van der Waals surface area contributed by atoms with E-state index in [9.17, 15) is 8.78 Å². The number of benzene rings is 1. The molecule has 2 aliphatic heterocycles. The quantitative estimate of drug-likeness (QED) is 0.735. The van der Waals surface area contributed by atoms with E-state index in [4.69, 9.17) is 0 Å². The van der Waals surface area contributed by atoms with Crippen molar-refractivity contribution in [3.05, 3.63) is 24.3 Å². The molecule has 1 aromatic rings. The monoisotopic (exact) mass is 354 g/mol. The van der Waals surface area contributed by atoms with Crippen LogP contribution in [0.2, 0.25) is 0 Å². The molecule has 1 saturated carbocycles. The Kier molecular flexibility index (Phi) is 4.71. The van der Waals surface area contributed by atoms with Crippen molar-refractivity contribution in [2.24, 2.45) is 5.41 Å². The lowest BCUT2D eigenvalue weighted by atomic mass is 9.63.